The SMILES string of the molecule is Cc1ccc(NC(=O)c2ccccc2SCC(F)(F)F)cc1C. The zero-order valence-electron chi connectivity index (χ0n) is 12.7. The number of anilines is 1. The standard InChI is InChI=1S/C17H16F3NOS/c1-11-7-8-13(9-12(11)2)21-16(22)14-5-3-4-6-15(14)23-10-17(18,19)20/h3-9H,10H2,1-2H3,(H,21,22). The molecule has 23 heavy (non-hydrogen) atoms. The molecule has 1 amide bonds. The summed E-state index contributed by atoms with van der Waals surface area (Å²) in [6.45, 7) is 3.89. The number of halogens is 3. The minimum Gasteiger partial charge on any atom is -0.322 e. The molecule has 0 heterocycles. The van der Waals surface area contributed by atoms with Gasteiger partial charge in [-0.15, -0.1) is 11.8 Å². The highest BCUT2D eigenvalue weighted by molar-refractivity contribution is 7.99. The van der Waals surface area contributed by atoms with Gasteiger partial charge in [-0.3, -0.25) is 4.79 Å². The van der Waals surface area contributed by atoms with E-state index in [1.54, 1.807) is 18.2 Å². The topological polar surface area (TPSA) is 29.1 Å². The molecule has 0 spiro atoms. The fraction of sp³-hybridized carbons (Fsp3) is 0.235. The largest absolute Gasteiger partial charge is 0.398 e. The van der Waals surface area contributed by atoms with Gasteiger partial charge in [0.05, 0.1) is 11.3 Å². The number of carbonyl (C=O) groups excluding carboxylic acids is 1. The third kappa shape index (κ3) is 5.03. The zero-order chi connectivity index (χ0) is 17.0. The maximum Gasteiger partial charge on any atom is 0.398 e. The number of hydrogen-bond acceptors (Lipinski definition) is 2. The highest BCUT2D eigenvalue weighted by Gasteiger charge is 2.28. The van der Waals surface area contributed by atoms with Crippen molar-refractivity contribution in [1.82, 2.24) is 0 Å². The molecule has 2 aromatic rings. The predicted octanol–water partition coefficient (Wildman–Crippen LogP) is 5.21. The number of thioether (sulfide) groups is 1. The van der Waals surface area contributed by atoms with Crippen LogP contribution in [-0.4, -0.2) is 17.8 Å². The van der Waals surface area contributed by atoms with E-state index in [1.165, 1.54) is 12.1 Å². The lowest BCUT2D eigenvalue weighted by Gasteiger charge is -2.12. The molecule has 2 rings (SSSR count). The first-order chi connectivity index (χ1) is 10.8. The molecule has 0 aliphatic rings. The molecule has 0 radical (unpaired) electrons. The van der Waals surface area contributed by atoms with E-state index in [9.17, 15) is 18.0 Å². The third-order valence-corrected chi connectivity index (χ3v) is 4.43. The molecule has 0 aliphatic heterocycles. The summed E-state index contributed by atoms with van der Waals surface area (Å²) in [6, 6.07) is 11.8. The van der Waals surface area contributed by atoms with E-state index in [0.717, 1.165) is 11.1 Å². The minimum absolute atomic E-state index is 0.236. The lowest BCUT2D eigenvalue weighted by atomic mass is 10.1. The fourth-order valence-corrected chi connectivity index (χ4v) is 2.77. The first kappa shape index (κ1) is 17.4. The maximum atomic E-state index is 12.4. The molecule has 122 valence electrons. The molecule has 2 aromatic carbocycles. The Hall–Kier alpha value is -1.95. The van der Waals surface area contributed by atoms with Gasteiger partial charge in [0.1, 0.15) is 0 Å². The number of amides is 1. The van der Waals surface area contributed by atoms with E-state index in [2.05, 4.69) is 5.32 Å². The monoisotopic (exact) mass is 339 g/mol. The summed E-state index contributed by atoms with van der Waals surface area (Å²) in [5, 5.41) is 2.73. The number of nitrogens with one attached hydrogen (secondary N) is 1. The van der Waals surface area contributed by atoms with Crippen molar-refractivity contribution in [2.75, 3.05) is 11.1 Å². The first-order valence-electron chi connectivity index (χ1n) is 6.93. The molecule has 6 heteroatoms. The van der Waals surface area contributed by atoms with Crippen molar-refractivity contribution in [1.29, 1.82) is 0 Å². The van der Waals surface area contributed by atoms with Gasteiger partial charge in [-0.25, -0.2) is 0 Å². The quantitative estimate of drug-likeness (QED) is 0.775. The van der Waals surface area contributed by atoms with E-state index in [-0.39, 0.29) is 5.56 Å². The van der Waals surface area contributed by atoms with E-state index >= 15 is 0 Å². The van der Waals surface area contributed by atoms with Crippen LogP contribution in [0.15, 0.2) is 47.4 Å². The second-order valence-corrected chi connectivity index (χ2v) is 6.17. The Morgan fingerprint density at radius 1 is 1.09 bits per heavy atom. The van der Waals surface area contributed by atoms with Gasteiger partial charge in [0.25, 0.3) is 5.91 Å². The normalized spacial score (nSPS) is 11.3. The van der Waals surface area contributed by atoms with Crippen LogP contribution >= 0.6 is 11.8 Å². The van der Waals surface area contributed by atoms with Gasteiger partial charge in [0.15, 0.2) is 0 Å². The molecule has 0 unspecified atom stereocenters. The van der Waals surface area contributed by atoms with Crippen molar-refractivity contribution in [3.63, 3.8) is 0 Å². The number of alkyl halides is 3. The molecular formula is C17H16F3NOS. The first-order valence-corrected chi connectivity index (χ1v) is 7.92. The van der Waals surface area contributed by atoms with Gasteiger partial charge in [-0.2, -0.15) is 13.2 Å². The van der Waals surface area contributed by atoms with Crippen LogP contribution in [0.2, 0.25) is 0 Å². The minimum atomic E-state index is -4.28. The predicted molar refractivity (Wildman–Crippen MR) is 87.1 cm³/mol. The Morgan fingerprint density at radius 3 is 2.43 bits per heavy atom. The molecule has 0 bridgehead atoms. The lowest BCUT2D eigenvalue weighted by Crippen LogP contribution is -2.15. The molecule has 0 fully saturated rings. The number of hydrogen-bond donors (Lipinski definition) is 1. The van der Waals surface area contributed by atoms with Crippen molar-refractivity contribution in [2.24, 2.45) is 0 Å². The molecular weight excluding hydrogens is 323 g/mol. The Morgan fingerprint density at radius 2 is 1.78 bits per heavy atom. The zero-order valence-corrected chi connectivity index (χ0v) is 13.5. The third-order valence-electron chi connectivity index (χ3n) is 3.29. The summed E-state index contributed by atoms with van der Waals surface area (Å²) in [7, 11) is 0. The van der Waals surface area contributed by atoms with Crippen molar-refractivity contribution in [3.8, 4) is 0 Å². The van der Waals surface area contributed by atoms with Gasteiger partial charge in [-0.05, 0) is 49.2 Å². The molecule has 0 saturated carbocycles. The van der Waals surface area contributed by atoms with Crippen LogP contribution in [0.3, 0.4) is 0 Å². The van der Waals surface area contributed by atoms with Crippen LogP contribution in [-0.2, 0) is 0 Å². The molecule has 2 nitrogen and oxygen atoms in total. The van der Waals surface area contributed by atoms with Gasteiger partial charge in [0, 0.05) is 10.6 Å². The van der Waals surface area contributed by atoms with Crippen molar-refractivity contribution in [2.45, 2.75) is 24.9 Å². The van der Waals surface area contributed by atoms with E-state index in [4.69, 9.17) is 0 Å². The van der Waals surface area contributed by atoms with Gasteiger partial charge in [-0.1, -0.05) is 18.2 Å². The van der Waals surface area contributed by atoms with Crippen LogP contribution in [0.4, 0.5) is 18.9 Å². The van der Waals surface area contributed by atoms with Gasteiger partial charge >= 0.3 is 6.18 Å². The van der Waals surface area contributed by atoms with Gasteiger partial charge < -0.3 is 5.32 Å². The summed E-state index contributed by atoms with van der Waals surface area (Å²) in [5.41, 5.74) is 2.99. The number of rotatable bonds is 4. The van der Waals surface area contributed by atoms with E-state index < -0.39 is 17.8 Å². The van der Waals surface area contributed by atoms with Gasteiger partial charge in [0.2, 0.25) is 0 Å². The molecule has 0 saturated heterocycles. The second kappa shape index (κ2) is 7.08. The van der Waals surface area contributed by atoms with Crippen molar-refractivity contribution in [3.05, 3.63) is 59.2 Å². The Bertz CT molecular complexity index is 713. The summed E-state index contributed by atoms with van der Waals surface area (Å²) in [5.74, 6) is -1.44. The number of benzene rings is 2. The number of carbonyl (C=O) groups is 1. The molecule has 1 N–H and O–H groups in total. The Labute approximate surface area is 137 Å². The smallest absolute Gasteiger partial charge is 0.322 e. The molecule has 0 atom stereocenters. The number of aryl methyl sites for hydroxylation is 2. The van der Waals surface area contributed by atoms with Crippen LogP contribution < -0.4 is 5.32 Å². The molecule has 0 aliphatic carbocycles. The van der Waals surface area contributed by atoms with Crippen molar-refractivity contribution < 1.29 is 18.0 Å². The Balaban J connectivity index is 2.17. The highest BCUT2D eigenvalue weighted by atomic mass is 32.2. The average molecular weight is 339 g/mol. The maximum absolute atomic E-state index is 12.4. The highest BCUT2D eigenvalue weighted by Crippen LogP contribution is 2.30. The Kier molecular flexibility index (Phi) is 5.36. The summed E-state index contributed by atoms with van der Waals surface area (Å²) >= 11 is 0.613. The average Bonchev–Trinajstić information content (AvgIpc) is 2.48. The molecule has 0 aromatic heterocycles. The summed E-state index contributed by atoms with van der Waals surface area (Å²) < 4.78 is 37.1. The fourth-order valence-electron chi connectivity index (χ4n) is 1.96. The van der Waals surface area contributed by atoms with Crippen LogP contribution in [0.1, 0.15) is 21.5 Å². The second-order valence-electron chi connectivity index (χ2n) is 5.15. The van der Waals surface area contributed by atoms with Crippen molar-refractivity contribution >= 4 is 23.4 Å². The summed E-state index contributed by atoms with van der Waals surface area (Å²) in [4.78, 5) is 12.7. The van der Waals surface area contributed by atoms with Crippen LogP contribution in [0.5, 0.6) is 0 Å². The van der Waals surface area contributed by atoms with E-state index in [1.807, 2.05) is 26.0 Å². The lowest BCUT2D eigenvalue weighted by molar-refractivity contribution is -0.105. The van der Waals surface area contributed by atoms with Crippen LogP contribution in [0.25, 0.3) is 0 Å². The van der Waals surface area contributed by atoms with E-state index in [0.29, 0.717) is 22.3 Å². The van der Waals surface area contributed by atoms with Crippen LogP contribution in [0, 0.1) is 13.8 Å². The summed E-state index contributed by atoms with van der Waals surface area (Å²) in [6.07, 6.45) is -4.28.